The minimum absolute atomic E-state index is 0.0120. The van der Waals surface area contributed by atoms with Gasteiger partial charge in [0.25, 0.3) is 0 Å². The molecule has 1 aliphatic rings. The van der Waals surface area contributed by atoms with Gasteiger partial charge in [0.2, 0.25) is 5.91 Å². The van der Waals surface area contributed by atoms with E-state index in [1.54, 1.807) is 12.1 Å². The molecule has 1 heterocycles. The summed E-state index contributed by atoms with van der Waals surface area (Å²) in [6, 6.07) is 7.26. The number of nitrogens with zero attached hydrogens (tertiary/aromatic N) is 2. The van der Waals surface area contributed by atoms with Crippen LogP contribution in [0.2, 0.25) is 0 Å². The van der Waals surface area contributed by atoms with Crippen LogP contribution in [0.15, 0.2) is 23.1 Å². The van der Waals surface area contributed by atoms with Gasteiger partial charge in [-0.05, 0) is 26.0 Å². The van der Waals surface area contributed by atoms with Gasteiger partial charge in [-0.25, -0.2) is 0 Å². The van der Waals surface area contributed by atoms with Gasteiger partial charge in [0.1, 0.15) is 6.54 Å². The van der Waals surface area contributed by atoms with Crippen LogP contribution in [0.4, 0.5) is 5.69 Å². The van der Waals surface area contributed by atoms with Crippen LogP contribution in [0.5, 0.6) is 0 Å². The summed E-state index contributed by atoms with van der Waals surface area (Å²) in [4.78, 5) is 25.8. The number of carbonyl (C=O) groups excluding carboxylic acids is 2. The fraction of sp³-hybridized carbons (Fsp3) is 0.308. The summed E-state index contributed by atoms with van der Waals surface area (Å²) in [5, 5.41) is 8.61. The zero-order chi connectivity index (χ0) is 13.3. The van der Waals surface area contributed by atoms with Gasteiger partial charge in [-0.3, -0.25) is 14.5 Å². The molecule has 4 nitrogen and oxygen atoms in total. The van der Waals surface area contributed by atoms with Crippen molar-refractivity contribution in [3.05, 3.63) is 23.8 Å². The second-order valence-electron chi connectivity index (χ2n) is 4.08. The molecule has 0 radical (unpaired) electrons. The molecule has 18 heavy (non-hydrogen) atoms. The molecule has 0 spiro atoms. The summed E-state index contributed by atoms with van der Waals surface area (Å²) in [6.45, 7) is 3.31. The Labute approximate surface area is 110 Å². The van der Waals surface area contributed by atoms with E-state index in [-0.39, 0.29) is 23.5 Å². The molecule has 2 rings (SSSR count). The summed E-state index contributed by atoms with van der Waals surface area (Å²) in [5.74, 6) is -0.138. The van der Waals surface area contributed by atoms with E-state index < -0.39 is 0 Å². The Balaban J connectivity index is 2.52. The van der Waals surface area contributed by atoms with Crippen LogP contribution in [0, 0.1) is 11.3 Å². The summed E-state index contributed by atoms with van der Waals surface area (Å²) < 4.78 is 0. The van der Waals surface area contributed by atoms with E-state index in [0.717, 1.165) is 4.90 Å². The molecule has 1 aliphatic heterocycles. The molecular weight excluding hydrogens is 248 g/mol. The maximum absolute atomic E-state index is 12.0. The lowest BCUT2D eigenvalue weighted by Gasteiger charge is -2.30. The van der Waals surface area contributed by atoms with E-state index in [2.05, 4.69) is 0 Å². The molecule has 1 aromatic rings. The first-order valence-electron chi connectivity index (χ1n) is 5.54. The number of anilines is 1. The number of hydrogen-bond donors (Lipinski definition) is 0. The fourth-order valence-electron chi connectivity index (χ4n) is 1.86. The van der Waals surface area contributed by atoms with Gasteiger partial charge in [0.15, 0.2) is 5.78 Å². The Morgan fingerprint density at radius 2 is 2.28 bits per heavy atom. The van der Waals surface area contributed by atoms with Crippen LogP contribution in [0.1, 0.15) is 24.2 Å². The van der Waals surface area contributed by atoms with Crippen LogP contribution in [-0.4, -0.2) is 23.5 Å². The highest BCUT2D eigenvalue weighted by Gasteiger charge is 2.30. The number of fused-ring (bicyclic) bond motifs is 1. The largest absolute Gasteiger partial charge is 0.296 e. The predicted octanol–water partition coefficient (Wildman–Crippen LogP) is 2.24. The zero-order valence-electron chi connectivity index (χ0n) is 10.1. The molecule has 5 heteroatoms. The fourth-order valence-corrected chi connectivity index (χ4v) is 2.91. The maximum Gasteiger partial charge on any atom is 0.241 e. The molecule has 0 N–H and O–H groups in total. The summed E-state index contributed by atoms with van der Waals surface area (Å²) in [7, 11) is 0. The van der Waals surface area contributed by atoms with Gasteiger partial charge in [-0.2, -0.15) is 5.26 Å². The second kappa shape index (κ2) is 4.83. The van der Waals surface area contributed by atoms with Crippen LogP contribution in [0.25, 0.3) is 0 Å². The number of thioether (sulfide) groups is 1. The molecule has 92 valence electrons. The standard InChI is InChI=1S/C13H12N2O2S/c1-8(16)10-3-4-12-11(7-10)15(6-5-14)13(17)9(2)18-12/h3-4,7,9H,6H2,1-2H3. The van der Waals surface area contributed by atoms with Crippen molar-refractivity contribution >= 4 is 29.1 Å². The van der Waals surface area contributed by atoms with E-state index in [9.17, 15) is 9.59 Å². The van der Waals surface area contributed by atoms with Crippen molar-refractivity contribution in [2.75, 3.05) is 11.4 Å². The lowest BCUT2D eigenvalue weighted by atomic mass is 10.1. The maximum atomic E-state index is 12.0. The Hall–Kier alpha value is -1.80. The van der Waals surface area contributed by atoms with E-state index in [4.69, 9.17) is 5.26 Å². The lowest BCUT2D eigenvalue weighted by Crippen LogP contribution is -2.40. The normalized spacial score (nSPS) is 18.2. The van der Waals surface area contributed by atoms with E-state index in [1.165, 1.54) is 23.6 Å². The van der Waals surface area contributed by atoms with Crippen molar-refractivity contribution in [1.29, 1.82) is 5.26 Å². The number of carbonyl (C=O) groups is 2. The predicted molar refractivity (Wildman–Crippen MR) is 69.7 cm³/mol. The third-order valence-electron chi connectivity index (χ3n) is 2.80. The van der Waals surface area contributed by atoms with Gasteiger partial charge < -0.3 is 0 Å². The number of hydrogen-bond acceptors (Lipinski definition) is 4. The molecule has 0 aliphatic carbocycles. The highest BCUT2D eigenvalue weighted by molar-refractivity contribution is 8.00. The molecule has 1 atom stereocenters. The zero-order valence-corrected chi connectivity index (χ0v) is 11.0. The average molecular weight is 260 g/mol. The number of amides is 1. The van der Waals surface area contributed by atoms with Crippen molar-refractivity contribution in [1.82, 2.24) is 0 Å². The summed E-state index contributed by atoms with van der Waals surface area (Å²) in [5.41, 5.74) is 1.22. The minimum atomic E-state index is -0.200. The Kier molecular flexibility index (Phi) is 3.39. The monoisotopic (exact) mass is 260 g/mol. The van der Waals surface area contributed by atoms with Crippen LogP contribution in [-0.2, 0) is 4.79 Å². The lowest BCUT2D eigenvalue weighted by molar-refractivity contribution is -0.117. The molecule has 1 aromatic carbocycles. The Bertz CT molecular complexity index is 563. The molecule has 0 fully saturated rings. The summed E-state index contributed by atoms with van der Waals surface area (Å²) >= 11 is 1.46. The number of Topliss-reactive ketones (excluding diaryl/α,β-unsaturated/α-hetero) is 1. The third kappa shape index (κ3) is 2.12. The quantitative estimate of drug-likeness (QED) is 0.604. The molecule has 1 unspecified atom stereocenters. The van der Waals surface area contributed by atoms with Crippen molar-refractivity contribution in [3.8, 4) is 6.07 Å². The van der Waals surface area contributed by atoms with E-state index in [0.29, 0.717) is 11.3 Å². The number of nitriles is 1. The third-order valence-corrected chi connectivity index (χ3v) is 3.96. The SMILES string of the molecule is CC(=O)c1ccc2c(c1)N(CC#N)C(=O)C(C)S2. The molecule has 0 aromatic heterocycles. The Morgan fingerprint density at radius 3 is 2.89 bits per heavy atom. The van der Waals surface area contributed by atoms with Crippen molar-refractivity contribution in [2.24, 2.45) is 0 Å². The van der Waals surface area contributed by atoms with Crippen LogP contribution >= 0.6 is 11.8 Å². The highest BCUT2D eigenvalue weighted by atomic mass is 32.2. The number of benzene rings is 1. The van der Waals surface area contributed by atoms with Gasteiger partial charge in [-0.1, -0.05) is 6.07 Å². The van der Waals surface area contributed by atoms with Gasteiger partial charge in [-0.15, -0.1) is 11.8 Å². The van der Waals surface area contributed by atoms with Crippen molar-refractivity contribution in [2.45, 2.75) is 24.0 Å². The van der Waals surface area contributed by atoms with E-state index in [1.807, 2.05) is 19.1 Å². The highest BCUT2D eigenvalue weighted by Crippen LogP contribution is 2.39. The van der Waals surface area contributed by atoms with Crippen LogP contribution < -0.4 is 4.90 Å². The average Bonchev–Trinajstić information content (AvgIpc) is 2.34. The topological polar surface area (TPSA) is 61.2 Å². The van der Waals surface area contributed by atoms with Gasteiger partial charge in [0.05, 0.1) is 17.0 Å². The van der Waals surface area contributed by atoms with Crippen molar-refractivity contribution in [3.63, 3.8) is 0 Å². The molecule has 0 saturated heterocycles. The molecular formula is C13H12N2O2S. The van der Waals surface area contributed by atoms with Gasteiger partial charge in [0, 0.05) is 10.5 Å². The first kappa shape index (κ1) is 12.7. The van der Waals surface area contributed by atoms with Crippen LogP contribution in [0.3, 0.4) is 0 Å². The number of rotatable bonds is 2. The minimum Gasteiger partial charge on any atom is -0.296 e. The first-order valence-corrected chi connectivity index (χ1v) is 6.42. The Morgan fingerprint density at radius 1 is 1.56 bits per heavy atom. The molecule has 0 bridgehead atoms. The second-order valence-corrected chi connectivity index (χ2v) is 5.46. The number of ketones is 1. The first-order chi connectivity index (χ1) is 8.54. The summed E-state index contributed by atoms with van der Waals surface area (Å²) in [6.07, 6.45) is 0. The van der Waals surface area contributed by atoms with E-state index >= 15 is 0 Å². The smallest absolute Gasteiger partial charge is 0.241 e. The molecule has 1 amide bonds. The van der Waals surface area contributed by atoms with Crippen molar-refractivity contribution < 1.29 is 9.59 Å². The van der Waals surface area contributed by atoms with Gasteiger partial charge >= 0.3 is 0 Å². The molecule has 0 saturated carbocycles.